The third-order valence-corrected chi connectivity index (χ3v) is 4.80. The minimum atomic E-state index is -0.458. The van der Waals surface area contributed by atoms with E-state index in [1.54, 1.807) is 17.5 Å². The monoisotopic (exact) mass is 392 g/mol. The van der Waals surface area contributed by atoms with Crippen molar-refractivity contribution in [2.45, 2.75) is 11.6 Å². The number of rotatable bonds is 6. The summed E-state index contributed by atoms with van der Waals surface area (Å²) in [7, 11) is 0. The zero-order valence-electron chi connectivity index (χ0n) is 13.2. The van der Waals surface area contributed by atoms with Crippen LogP contribution in [0.3, 0.4) is 0 Å². The molecule has 0 saturated heterocycles. The molecule has 3 aromatic rings. The van der Waals surface area contributed by atoms with Gasteiger partial charge in [-0.05, 0) is 24.3 Å². The second-order valence-electron chi connectivity index (χ2n) is 5.10. The summed E-state index contributed by atoms with van der Waals surface area (Å²) in [6.07, 6.45) is 0.176. The quantitative estimate of drug-likeness (QED) is 0.440. The second kappa shape index (κ2) is 8.11. The number of benzene rings is 1. The number of anilines is 1. The summed E-state index contributed by atoms with van der Waals surface area (Å²) in [5.41, 5.74) is 0.958. The van der Waals surface area contributed by atoms with Crippen LogP contribution >= 0.6 is 23.1 Å². The lowest BCUT2D eigenvalue weighted by molar-refractivity contribution is -0.115. The minimum absolute atomic E-state index is 0.176. The Morgan fingerprint density at radius 1 is 1.31 bits per heavy atom. The van der Waals surface area contributed by atoms with E-state index in [0.29, 0.717) is 16.6 Å². The SMILES string of the molecule is O=C(CCSc1nc(O)cc(=O)[nH]1)Nc1nc(-c2ccc(F)cc2)cs1. The molecule has 0 unspecified atom stereocenters. The third-order valence-electron chi connectivity index (χ3n) is 3.16. The Bertz CT molecular complexity index is 972. The molecule has 0 aliphatic carbocycles. The normalized spacial score (nSPS) is 10.7. The van der Waals surface area contributed by atoms with Gasteiger partial charge in [-0.3, -0.25) is 9.59 Å². The standard InChI is InChI=1S/C16H13FN4O3S2/c17-10-3-1-9(2-4-10)11-8-26-15(18-11)19-12(22)5-6-25-16-20-13(23)7-14(24)21-16/h1-4,7-8H,5-6H2,(H,18,19,22)(H2,20,21,23,24). The van der Waals surface area contributed by atoms with Crippen molar-refractivity contribution in [1.29, 1.82) is 0 Å². The summed E-state index contributed by atoms with van der Waals surface area (Å²) < 4.78 is 13.0. The first-order valence-corrected chi connectivity index (χ1v) is 9.30. The highest BCUT2D eigenvalue weighted by atomic mass is 32.2. The van der Waals surface area contributed by atoms with Crippen molar-refractivity contribution < 1.29 is 14.3 Å². The molecule has 3 N–H and O–H groups in total. The molecule has 0 aliphatic heterocycles. The Labute approximate surface area is 155 Å². The molecule has 0 saturated carbocycles. The van der Waals surface area contributed by atoms with Crippen LogP contribution < -0.4 is 10.9 Å². The number of aromatic nitrogens is 3. The van der Waals surface area contributed by atoms with Crippen LogP contribution in [0.15, 0.2) is 45.7 Å². The van der Waals surface area contributed by atoms with Gasteiger partial charge in [-0.2, -0.15) is 4.98 Å². The molecule has 2 aromatic heterocycles. The van der Waals surface area contributed by atoms with Crippen LogP contribution in [0.4, 0.5) is 9.52 Å². The number of carbonyl (C=O) groups excluding carboxylic acids is 1. The Morgan fingerprint density at radius 3 is 2.81 bits per heavy atom. The van der Waals surface area contributed by atoms with Gasteiger partial charge in [0.2, 0.25) is 11.8 Å². The molecule has 0 fully saturated rings. The highest BCUT2D eigenvalue weighted by molar-refractivity contribution is 7.99. The topological polar surface area (TPSA) is 108 Å². The summed E-state index contributed by atoms with van der Waals surface area (Å²) in [4.78, 5) is 33.7. The zero-order valence-corrected chi connectivity index (χ0v) is 14.9. The van der Waals surface area contributed by atoms with Crippen LogP contribution in [-0.4, -0.2) is 31.7 Å². The van der Waals surface area contributed by atoms with Gasteiger partial charge in [-0.25, -0.2) is 9.37 Å². The number of nitrogens with one attached hydrogen (secondary N) is 2. The van der Waals surface area contributed by atoms with Gasteiger partial charge in [0.25, 0.3) is 5.56 Å². The van der Waals surface area contributed by atoms with E-state index in [9.17, 15) is 19.1 Å². The Hall–Kier alpha value is -2.72. The molecule has 0 bridgehead atoms. The lowest BCUT2D eigenvalue weighted by Gasteiger charge is -2.02. The smallest absolute Gasteiger partial charge is 0.255 e. The summed E-state index contributed by atoms with van der Waals surface area (Å²) in [6, 6.07) is 6.91. The number of aromatic hydroxyl groups is 1. The van der Waals surface area contributed by atoms with Crippen LogP contribution in [0.5, 0.6) is 5.88 Å². The Balaban J connectivity index is 1.52. The summed E-state index contributed by atoms with van der Waals surface area (Å²) >= 11 is 2.43. The minimum Gasteiger partial charge on any atom is -0.493 e. The zero-order chi connectivity index (χ0) is 18.5. The van der Waals surface area contributed by atoms with Gasteiger partial charge < -0.3 is 15.4 Å². The Morgan fingerprint density at radius 2 is 2.08 bits per heavy atom. The highest BCUT2D eigenvalue weighted by Crippen LogP contribution is 2.25. The molecule has 2 heterocycles. The third kappa shape index (κ3) is 4.90. The van der Waals surface area contributed by atoms with Gasteiger partial charge in [0, 0.05) is 23.1 Å². The number of carbonyl (C=O) groups is 1. The maximum atomic E-state index is 13.0. The molecule has 0 spiro atoms. The predicted octanol–water partition coefficient (Wildman–Crippen LogP) is 2.86. The fourth-order valence-electron chi connectivity index (χ4n) is 2.00. The van der Waals surface area contributed by atoms with Crippen LogP contribution in [0.1, 0.15) is 6.42 Å². The van der Waals surface area contributed by atoms with Crippen LogP contribution in [0.25, 0.3) is 11.3 Å². The van der Waals surface area contributed by atoms with Crippen molar-refractivity contribution in [3.8, 4) is 17.1 Å². The van der Waals surface area contributed by atoms with Gasteiger partial charge in [0.15, 0.2) is 10.3 Å². The van der Waals surface area contributed by atoms with Crippen LogP contribution in [-0.2, 0) is 4.79 Å². The van der Waals surface area contributed by atoms with Crippen LogP contribution in [0.2, 0.25) is 0 Å². The lowest BCUT2D eigenvalue weighted by atomic mass is 10.2. The van der Waals surface area contributed by atoms with Crippen LogP contribution in [0, 0.1) is 5.82 Å². The molecule has 0 radical (unpaired) electrons. The molecule has 0 aliphatic rings. The number of thioether (sulfide) groups is 1. The van der Waals surface area contributed by atoms with E-state index in [4.69, 9.17) is 0 Å². The molecule has 1 aromatic carbocycles. The first kappa shape index (κ1) is 18.1. The van der Waals surface area contributed by atoms with Crippen molar-refractivity contribution in [3.63, 3.8) is 0 Å². The van der Waals surface area contributed by atoms with E-state index in [-0.39, 0.29) is 29.2 Å². The van der Waals surface area contributed by atoms with E-state index in [0.717, 1.165) is 23.4 Å². The summed E-state index contributed by atoms with van der Waals surface area (Å²) in [5.74, 6) is -0.552. The molecule has 10 heteroatoms. The highest BCUT2D eigenvalue weighted by Gasteiger charge is 2.09. The average molecular weight is 392 g/mol. The van der Waals surface area contributed by atoms with E-state index < -0.39 is 5.56 Å². The molecular formula is C16H13FN4O3S2. The van der Waals surface area contributed by atoms with Crippen molar-refractivity contribution in [3.05, 3.63) is 51.9 Å². The second-order valence-corrected chi connectivity index (χ2v) is 7.04. The van der Waals surface area contributed by atoms with E-state index >= 15 is 0 Å². The van der Waals surface area contributed by atoms with E-state index in [1.807, 2.05) is 0 Å². The maximum absolute atomic E-state index is 13.0. The number of halogens is 1. The molecule has 3 rings (SSSR count). The number of H-pyrrole nitrogens is 1. The number of hydrogen-bond donors (Lipinski definition) is 3. The number of nitrogens with zero attached hydrogens (tertiary/aromatic N) is 2. The maximum Gasteiger partial charge on any atom is 0.255 e. The Kier molecular flexibility index (Phi) is 5.64. The van der Waals surface area contributed by atoms with E-state index in [1.165, 1.54) is 23.5 Å². The van der Waals surface area contributed by atoms with Crippen molar-refractivity contribution in [2.24, 2.45) is 0 Å². The van der Waals surface area contributed by atoms with Crippen molar-refractivity contribution in [2.75, 3.05) is 11.1 Å². The largest absolute Gasteiger partial charge is 0.493 e. The average Bonchev–Trinajstić information content (AvgIpc) is 3.03. The molecule has 26 heavy (non-hydrogen) atoms. The fraction of sp³-hybridized carbons (Fsp3) is 0.125. The first-order chi connectivity index (χ1) is 12.5. The first-order valence-electron chi connectivity index (χ1n) is 7.44. The van der Waals surface area contributed by atoms with Gasteiger partial charge in [-0.1, -0.05) is 11.8 Å². The molecule has 134 valence electrons. The lowest BCUT2D eigenvalue weighted by Crippen LogP contribution is -2.12. The summed E-state index contributed by atoms with van der Waals surface area (Å²) in [6.45, 7) is 0. The summed E-state index contributed by atoms with van der Waals surface area (Å²) in [5, 5.41) is 14.4. The predicted molar refractivity (Wildman–Crippen MR) is 98.0 cm³/mol. The van der Waals surface area contributed by atoms with Crippen molar-refractivity contribution >= 4 is 34.1 Å². The molecule has 0 atom stereocenters. The number of aromatic amines is 1. The van der Waals surface area contributed by atoms with Crippen molar-refractivity contribution in [1.82, 2.24) is 15.0 Å². The van der Waals surface area contributed by atoms with Gasteiger partial charge in [0.1, 0.15) is 5.82 Å². The molecule has 7 nitrogen and oxygen atoms in total. The molecule has 1 amide bonds. The number of amides is 1. The van der Waals surface area contributed by atoms with Gasteiger partial charge in [-0.15, -0.1) is 11.3 Å². The number of hydrogen-bond acceptors (Lipinski definition) is 7. The van der Waals surface area contributed by atoms with Gasteiger partial charge >= 0.3 is 0 Å². The van der Waals surface area contributed by atoms with E-state index in [2.05, 4.69) is 20.3 Å². The van der Waals surface area contributed by atoms with Gasteiger partial charge in [0.05, 0.1) is 11.8 Å². The molecular weight excluding hydrogens is 379 g/mol. The number of thiazole rings is 1. The fourth-order valence-corrected chi connectivity index (χ4v) is 3.55.